The summed E-state index contributed by atoms with van der Waals surface area (Å²) in [7, 11) is -4.20. The summed E-state index contributed by atoms with van der Waals surface area (Å²) in [5, 5.41) is 26.6. The molecule has 1 fully saturated rings. The molecule has 0 aliphatic carbocycles. The second-order valence-electron chi connectivity index (χ2n) is 10.2. The molecule has 1 heterocycles. The zero-order chi connectivity index (χ0) is 35.6. The number of carboxylic acids is 2. The first-order chi connectivity index (χ1) is 22.5. The van der Waals surface area contributed by atoms with Gasteiger partial charge in [0, 0.05) is 30.9 Å². The van der Waals surface area contributed by atoms with E-state index >= 15 is 0 Å². The van der Waals surface area contributed by atoms with Crippen molar-refractivity contribution in [3.05, 3.63) is 84.4 Å². The highest BCUT2D eigenvalue weighted by atomic mass is 32.2. The number of benzene rings is 3. The van der Waals surface area contributed by atoms with Crippen LogP contribution in [-0.2, 0) is 29.2 Å². The average Bonchev–Trinajstić information content (AvgIpc) is 3.04. The van der Waals surface area contributed by atoms with Crippen LogP contribution in [0.1, 0.15) is 5.56 Å². The number of nitrogen functional groups attached to an aromatic ring is 1. The molecule has 3 aromatic rings. The molecule has 0 aromatic heterocycles. The topological polar surface area (TPSA) is 223 Å². The van der Waals surface area contributed by atoms with Crippen LogP contribution in [0.2, 0.25) is 0 Å². The summed E-state index contributed by atoms with van der Waals surface area (Å²) in [4.78, 5) is 48.9. The Hall–Kier alpha value is -5.49. The number of carboxylic acid groups (broad SMARTS) is 2. The largest absolute Gasteiger partial charge is 0.490 e. The van der Waals surface area contributed by atoms with E-state index in [1.807, 2.05) is 35.2 Å². The number of hydrogen-bond donors (Lipinski definition) is 6. The molecule has 0 unspecified atom stereocenters. The molecule has 48 heavy (non-hydrogen) atoms. The number of carbonyl (C=O) groups is 4. The van der Waals surface area contributed by atoms with Crippen molar-refractivity contribution in [1.82, 2.24) is 14.9 Å². The summed E-state index contributed by atoms with van der Waals surface area (Å²) < 4.78 is 59.5. The number of amides is 2. The third kappa shape index (κ3) is 10.5. The summed E-state index contributed by atoms with van der Waals surface area (Å²) in [6.07, 6.45) is -5.08. The lowest BCUT2D eigenvalue weighted by Crippen LogP contribution is -2.54. The van der Waals surface area contributed by atoms with Crippen LogP contribution in [0, 0.1) is 5.41 Å². The predicted octanol–water partition coefficient (Wildman–Crippen LogP) is 1.47. The Morgan fingerprint density at radius 2 is 1.48 bits per heavy atom. The van der Waals surface area contributed by atoms with Gasteiger partial charge in [0.2, 0.25) is 21.8 Å². The van der Waals surface area contributed by atoms with Crippen molar-refractivity contribution in [2.24, 2.45) is 5.73 Å². The van der Waals surface area contributed by atoms with Crippen molar-refractivity contribution < 1.29 is 51.0 Å². The van der Waals surface area contributed by atoms with Gasteiger partial charge < -0.3 is 31.1 Å². The average molecular weight is 693 g/mol. The molecule has 1 aliphatic heterocycles. The Labute approximate surface area is 272 Å². The van der Waals surface area contributed by atoms with Gasteiger partial charge in [-0.15, -0.1) is 0 Å². The fourth-order valence-corrected chi connectivity index (χ4v) is 5.47. The molecule has 1 aliphatic rings. The molecule has 0 bridgehead atoms. The van der Waals surface area contributed by atoms with Crippen LogP contribution in [0.25, 0.3) is 11.1 Å². The number of nitrogens with one attached hydrogen (secondary N) is 3. The van der Waals surface area contributed by atoms with Gasteiger partial charge >= 0.3 is 18.1 Å². The van der Waals surface area contributed by atoms with Gasteiger partial charge in [-0.2, -0.15) is 17.9 Å². The minimum Gasteiger partial charge on any atom is -0.480 e. The van der Waals surface area contributed by atoms with E-state index in [1.54, 1.807) is 36.4 Å². The molecular weight excluding hydrogens is 661 g/mol. The number of piperazine rings is 1. The van der Waals surface area contributed by atoms with E-state index in [4.69, 9.17) is 21.0 Å². The molecule has 14 nitrogen and oxygen atoms in total. The Kier molecular flexibility index (Phi) is 12.2. The number of hydrogen-bond acceptors (Lipinski definition) is 8. The Balaban J connectivity index is 0.000000804. The maximum Gasteiger partial charge on any atom is 0.490 e. The molecule has 256 valence electrons. The lowest BCUT2D eigenvalue weighted by Gasteiger charge is -2.35. The monoisotopic (exact) mass is 692 g/mol. The third-order valence-electron chi connectivity index (χ3n) is 6.81. The van der Waals surface area contributed by atoms with Crippen LogP contribution in [0.15, 0.2) is 83.8 Å². The van der Waals surface area contributed by atoms with Gasteiger partial charge in [0.1, 0.15) is 11.9 Å². The highest BCUT2D eigenvalue weighted by Crippen LogP contribution is 2.21. The van der Waals surface area contributed by atoms with E-state index in [-0.39, 0.29) is 36.3 Å². The van der Waals surface area contributed by atoms with Crippen molar-refractivity contribution in [3.8, 4) is 11.1 Å². The molecule has 3 aromatic carbocycles. The first-order valence-corrected chi connectivity index (χ1v) is 15.4. The standard InChI is InChI=1S/C28H30N6O6S.C2HF3O2/c29-27(30)21-6-10-22(11-7-21)33-14-15-34(26(36)18-33)17-25(35)31-16-24(28(37)38)32-41(39,40)23-12-8-20(9-13-23)19-4-2-1-3-5-19;3-2(4,5)1(6)7/h1-13,24,32H,14-18H2,(H3,29,30)(H,31,35)(H,37,38);(H,6,7)/t24-;/m0./s1. The van der Waals surface area contributed by atoms with E-state index in [0.29, 0.717) is 12.1 Å². The second-order valence-corrected chi connectivity index (χ2v) is 11.9. The van der Waals surface area contributed by atoms with Crippen LogP contribution in [0.3, 0.4) is 0 Å². The predicted molar refractivity (Wildman–Crippen MR) is 167 cm³/mol. The van der Waals surface area contributed by atoms with E-state index in [0.717, 1.165) is 16.8 Å². The van der Waals surface area contributed by atoms with Crippen LogP contribution >= 0.6 is 0 Å². The van der Waals surface area contributed by atoms with Crippen molar-refractivity contribution in [3.63, 3.8) is 0 Å². The van der Waals surface area contributed by atoms with Crippen LogP contribution < -0.4 is 20.7 Å². The molecule has 0 radical (unpaired) electrons. The fraction of sp³-hybridized carbons (Fsp3) is 0.233. The molecular formula is C30H31F3N6O8S. The minimum atomic E-state index is -5.08. The summed E-state index contributed by atoms with van der Waals surface area (Å²) in [5.74, 6) is -5.19. The van der Waals surface area contributed by atoms with Gasteiger partial charge in [-0.25, -0.2) is 13.2 Å². The summed E-state index contributed by atoms with van der Waals surface area (Å²) in [6.45, 7) is -0.0524. The highest BCUT2D eigenvalue weighted by molar-refractivity contribution is 7.89. The zero-order valence-corrected chi connectivity index (χ0v) is 25.8. The van der Waals surface area contributed by atoms with Gasteiger partial charge in [-0.05, 0) is 47.5 Å². The van der Waals surface area contributed by atoms with Crippen LogP contribution in [0.5, 0.6) is 0 Å². The van der Waals surface area contributed by atoms with E-state index < -0.39 is 46.6 Å². The Morgan fingerprint density at radius 3 is 1.98 bits per heavy atom. The van der Waals surface area contributed by atoms with Crippen molar-refractivity contribution in [1.29, 1.82) is 5.41 Å². The number of nitrogens with zero attached hydrogens (tertiary/aromatic N) is 2. The number of sulfonamides is 1. The van der Waals surface area contributed by atoms with E-state index in [9.17, 15) is 41.1 Å². The fourth-order valence-electron chi connectivity index (χ4n) is 4.28. The SMILES string of the molecule is N=C(N)c1ccc(N2CCN(CC(=O)NC[C@H](NS(=O)(=O)c3ccc(-c4ccccc4)cc3)C(=O)O)C(=O)C2)cc1.O=C(O)C(F)(F)F. The first-order valence-electron chi connectivity index (χ1n) is 13.9. The van der Waals surface area contributed by atoms with Crippen LogP contribution in [0.4, 0.5) is 18.9 Å². The van der Waals surface area contributed by atoms with Crippen molar-refractivity contribution >= 4 is 45.3 Å². The molecule has 0 spiro atoms. The Bertz CT molecular complexity index is 1740. The number of rotatable bonds is 11. The number of anilines is 1. The van der Waals surface area contributed by atoms with Gasteiger partial charge in [-0.3, -0.25) is 19.8 Å². The minimum absolute atomic E-state index is 0.0350. The van der Waals surface area contributed by atoms with E-state index in [2.05, 4.69) is 10.0 Å². The molecule has 4 rings (SSSR count). The smallest absolute Gasteiger partial charge is 0.480 e. The molecule has 2 amide bonds. The van der Waals surface area contributed by atoms with Gasteiger partial charge in [0.05, 0.1) is 18.0 Å². The van der Waals surface area contributed by atoms with Crippen molar-refractivity contribution in [2.75, 3.05) is 37.6 Å². The highest BCUT2D eigenvalue weighted by Gasteiger charge is 2.38. The normalized spacial score (nSPS) is 13.9. The Morgan fingerprint density at radius 1 is 0.917 bits per heavy atom. The first kappa shape index (κ1) is 37.0. The zero-order valence-electron chi connectivity index (χ0n) is 25.0. The maximum absolute atomic E-state index is 12.8. The third-order valence-corrected chi connectivity index (χ3v) is 8.30. The number of nitrogens with two attached hydrogens (primary N) is 1. The lowest BCUT2D eigenvalue weighted by atomic mass is 10.1. The van der Waals surface area contributed by atoms with Gasteiger partial charge in [-0.1, -0.05) is 42.5 Å². The molecule has 1 atom stereocenters. The number of aliphatic carboxylic acids is 2. The molecule has 1 saturated heterocycles. The number of carbonyl (C=O) groups excluding carboxylic acids is 2. The van der Waals surface area contributed by atoms with Gasteiger partial charge in [0.15, 0.2) is 0 Å². The number of amidine groups is 1. The molecule has 0 saturated carbocycles. The molecule has 18 heteroatoms. The number of alkyl halides is 3. The second kappa shape index (κ2) is 15.9. The van der Waals surface area contributed by atoms with Crippen LogP contribution in [-0.4, -0.2) is 98.1 Å². The summed E-state index contributed by atoms with van der Waals surface area (Å²) in [5.41, 5.74) is 8.52. The van der Waals surface area contributed by atoms with Gasteiger partial charge in [0.25, 0.3) is 0 Å². The lowest BCUT2D eigenvalue weighted by molar-refractivity contribution is -0.192. The summed E-state index contributed by atoms with van der Waals surface area (Å²) >= 11 is 0. The molecule has 7 N–H and O–H groups in total. The van der Waals surface area contributed by atoms with Crippen molar-refractivity contribution in [2.45, 2.75) is 17.1 Å². The number of halogens is 3. The summed E-state index contributed by atoms with van der Waals surface area (Å²) in [6, 6.07) is 20.6. The van der Waals surface area contributed by atoms with E-state index in [1.165, 1.54) is 17.0 Å². The quantitative estimate of drug-likeness (QED) is 0.125. The maximum atomic E-state index is 12.8.